The molecule has 0 unspecified atom stereocenters. The number of rotatable bonds is 5. The second kappa shape index (κ2) is 13.8. The number of hydrogen-bond acceptors (Lipinski definition) is 3. The first-order chi connectivity index (χ1) is 20.1. The highest BCUT2D eigenvalue weighted by Crippen LogP contribution is 2.38. The maximum Gasteiger partial charge on any atom is 0.126 e. The summed E-state index contributed by atoms with van der Waals surface area (Å²) in [7, 11) is 0. The topological polar surface area (TPSA) is 27.7 Å². The average molecular weight is 549 g/mol. The lowest BCUT2D eigenvalue weighted by molar-refractivity contribution is 0.300. The first-order valence-electron chi connectivity index (χ1n) is 15.3. The number of para-hydroxylation sites is 2. The Bertz CT molecular complexity index is 1460. The molecule has 0 saturated carbocycles. The van der Waals surface area contributed by atoms with E-state index in [9.17, 15) is 0 Å². The van der Waals surface area contributed by atoms with Gasteiger partial charge in [0.05, 0.1) is 19.8 Å². The lowest BCUT2D eigenvalue weighted by Crippen LogP contribution is -2.10. The van der Waals surface area contributed by atoms with E-state index in [1.807, 2.05) is 0 Å². The van der Waals surface area contributed by atoms with Gasteiger partial charge in [0.2, 0.25) is 0 Å². The van der Waals surface area contributed by atoms with Crippen LogP contribution in [0.3, 0.4) is 0 Å². The van der Waals surface area contributed by atoms with E-state index < -0.39 is 0 Å². The van der Waals surface area contributed by atoms with Crippen molar-refractivity contribution in [3.05, 3.63) is 123 Å². The molecule has 2 aliphatic heterocycles. The third-order valence-corrected chi connectivity index (χ3v) is 8.02. The van der Waals surface area contributed by atoms with Gasteiger partial charge >= 0.3 is 0 Å². The van der Waals surface area contributed by atoms with Crippen molar-refractivity contribution in [2.24, 2.45) is 0 Å². The summed E-state index contributed by atoms with van der Waals surface area (Å²) in [5.41, 5.74) is 11.4. The highest BCUT2D eigenvalue weighted by atomic mass is 16.5. The molecule has 2 heterocycles. The fourth-order valence-electron chi connectivity index (χ4n) is 6.22. The van der Waals surface area contributed by atoms with Gasteiger partial charge < -0.3 is 14.2 Å². The summed E-state index contributed by atoms with van der Waals surface area (Å²) < 4.78 is 19.5. The first kappa shape index (κ1) is 28.8. The normalized spacial score (nSPS) is 17.8. The quantitative estimate of drug-likeness (QED) is 0.318. The van der Waals surface area contributed by atoms with Crippen LogP contribution >= 0.6 is 0 Å². The molecule has 3 nitrogen and oxygen atoms in total. The monoisotopic (exact) mass is 548 g/mol. The van der Waals surface area contributed by atoms with Crippen molar-refractivity contribution in [2.45, 2.75) is 72.6 Å². The van der Waals surface area contributed by atoms with Crippen LogP contribution < -0.4 is 14.2 Å². The lowest BCUT2D eigenvalue weighted by atomic mass is 9.88. The zero-order valence-corrected chi connectivity index (χ0v) is 25.2. The third-order valence-electron chi connectivity index (χ3n) is 8.02. The molecule has 5 rings (SSSR count). The Morgan fingerprint density at radius 2 is 1.41 bits per heavy atom. The van der Waals surface area contributed by atoms with Gasteiger partial charge in [0, 0.05) is 19.3 Å². The molecular formula is C38H44O3. The zero-order valence-electron chi connectivity index (χ0n) is 25.2. The minimum absolute atomic E-state index is 0.637. The van der Waals surface area contributed by atoms with E-state index in [1.165, 1.54) is 50.1 Å². The Morgan fingerprint density at radius 3 is 2.12 bits per heavy atom. The van der Waals surface area contributed by atoms with E-state index >= 15 is 0 Å². The zero-order chi connectivity index (χ0) is 28.6. The van der Waals surface area contributed by atoms with Crippen LogP contribution in [0.15, 0.2) is 84.0 Å². The van der Waals surface area contributed by atoms with Gasteiger partial charge in [-0.1, -0.05) is 78.4 Å². The van der Waals surface area contributed by atoms with Gasteiger partial charge in [0.1, 0.15) is 17.2 Å². The molecule has 41 heavy (non-hydrogen) atoms. The number of fused-ring (bicyclic) bond motifs is 9. The van der Waals surface area contributed by atoms with Crippen molar-refractivity contribution in [3.63, 3.8) is 0 Å². The molecule has 0 N–H and O–H groups in total. The summed E-state index contributed by atoms with van der Waals surface area (Å²) in [4.78, 5) is 0. The Balaban J connectivity index is 1.80. The van der Waals surface area contributed by atoms with Crippen molar-refractivity contribution in [1.29, 1.82) is 0 Å². The molecule has 0 amide bonds. The molecule has 0 atom stereocenters. The van der Waals surface area contributed by atoms with Gasteiger partial charge in [-0.25, -0.2) is 0 Å². The van der Waals surface area contributed by atoms with E-state index in [-0.39, 0.29) is 0 Å². The van der Waals surface area contributed by atoms with Crippen LogP contribution in [-0.4, -0.2) is 19.8 Å². The molecular weight excluding hydrogens is 504 g/mol. The summed E-state index contributed by atoms with van der Waals surface area (Å²) in [5.74, 6) is 3.06. The van der Waals surface area contributed by atoms with Crippen LogP contribution in [0.4, 0.5) is 0 Å². The van der Waals surface area contributed by atoms with E-state index in [2.05, 4.69) is 101 Å². The number of ether oxygens (including phenoxy) is 3. The van der Waals surface area contributed by atoms with Crippen molar-refractivity contribution < 1.29 is 14.2 Å². The summed E-state index contributed by atoms with van der Waals surface area (Å²) in [6.45, 7) is 10.4. The Kier molecular flexibility index (Phi) is 9.67. The van der Waals surface area contributed by atoms with Gasteiger partial charge in [-0.2, -0.15) is 0 Å². The second-order valence-corrected chi connectivity index (χ2v) is 11.1. The number of allylic oxidation sites excluding steroid dienone is 6. The van der Waals surface area contributed by atoms with Crippen molar-refractivity contribution >= 4 is 0 Å². The SMILES string of the molecule is C\C=C/C=C1/Cc2cc(C)cc(c2OCC)Cc2cccc3c2OCCCC/C1=C\Cc1cccc(c1OCC)C3. The molecule has 0 saturated heterocycles. The van der Waals surface area contributed by atoms with Crippen LogP contribution in [0.2, 0.25) is 0 Å². The highest BCUT2D eigenvalue weighted by molar-refractivity contribution is 5.55. The van der Waals surface area contributed by atoms with Gasteiger partial charge in [0.15, 0.2) is 0 Å². The molecule has 0 radical (unpaired) electrons. The summed E-state index contributed by atoms with van der Waals surface area (Å²) >= 11 is 0. The highest BCUT2D eigenvalue weighted by Gasteiger charge is 2.21. The molecule has 214 valence electrons. The number of aryl methyl sites for hydroxylation is 1. The second-order valence-electron chi connectivity index (χ2n) is 11.1. The van der Waals surface area contributed by atoms with Crippen molar-refractivity contribution in [2.75, 3.05) is 19.8 Å². The van der Waals surface area contributed by atoms with Crippen LogP contribution in [0, 0.1) is 6.92 Å². The predicted octanol–water partition coefficient (Wildman–Crippen LogP) is 9.06. The van der Waals surface area contributed by atoms with E-state index in [0.29, 0.717) is 19.8 Å². The predicted molar refractivity (Wildman–Crippen MR) is 170 cm³/mol. The molecule has 3 aromatic carbocycles. The van der Waals surface area contributed by atoms with E-state index in [0.717, 1.165) is 62.2 Å². The summed E-state index contributed by atoms with van der Waals surface area (Å²) in [6.07, 6.45) is 15.4. The van der Waals surface area contributed by atoms with Gasteiger partial charge in [-0.05, 0) is 97.9 Å². The average Bonchev–Trinajstić information content (AvgIpc) is 2.96. The Labute approximate surface area is 246 Å². The first-order valence-corrected chi connectivity index (χ1v) is 15.3. The fraction of sp³-hybridized carbons (Fsp3) is 0.368. The van der Waals surface area contributed by atoms with Gasteiger partial charge in [0.25, 0.3) is 0 Å². The molecule has 3 aromatic rings. The Hall–Kier alpha value is -3.72. The minimum Gasteiger partial charge on any atom is -0.493 e. The summed E-state index contributed by atoms with van der Waals surface area (Å²) in [6, 6.07) is 17.8. The van der Waals surface area contributed by atoms with E-state index in [1.54, 1.807) is 0 Å². The molecule has 2 aliphatic rings. The van der Waals surface area contributed by atoms with Gasteiger partial charge in [-0.3, -0.25) is 0 Å². The fourth-order valence-corrected chi connectivity index (χ4v) is 6.22. The molecule has 3 heteroatoms. The molecule has 0 aromatic heterocycles. The molecule has 0 spiro atoms. The molecule has 0 fully saturated rings. The minimum atomic E-state index is 0.637. The smallest absolute Gasteiger partial charge is 0.126 e. The Morgan fingerprint density at radius 1 is 0.780 bits per heavy atom. The standard InChI is InChI=1S/C38H44O3/c1-5-8-13-30-24-34-22-27(4)23-35(38(34)40-7-3)26-33-18-12-17-32-25-31-16-11-15-29(36(31)39-6-2)20-19-28(30)14-9-10-21-41-37(32)33/h5,8,11-13,15-19,22-23H,6-7,9-10,14,20-21,24-26H2,1-4H3/b8-5-,28-19+,30-13-. The van der Waals surface area contributed by atoms with Crippen LogP contribution in [0.25, 0.3) is 0 Å². The van der Waals surface area contributed by atoms with Crippen LogP contribution in [0.5, 0.6) is 17.2 Å². The molecule has 6 bridgehead atoms. The maximum atomic E-state index is 6.69. The maximum absolute atomic E-state index is 6.69. The third kappa shape index (κ3) is 6.78. The largest absolute Gasteiger partial charge is 0.493 e. The molecule has 0 aliphatic carbocycles. The summed E-state index contributed by atoms with van der Waals surface area (Å²) in [5, 5.41) is 0. The number of benzene rings is 3. The number of hydrogen-bond donors (Lipinski definition) is 0. The van der Waals surface area contributed by atoms with Crippen molar-refractivity contribution in [1.82, 2.24) is 0 Å². The van der Waals surface area contributed by atoms with Crippen molar-refractivity contribution in [3.8, 4) is 17.2 Å². The van der Waals surface area contributed by atoms with Crippen LogP contribution in [-0.2, 0) is 25.7 Å². The van der Waals surface area contributed by atoms with Crippen LogP contribution in [0.1, 0.15) is 79.0 Å². The van der Waals surface area contributed by atoms with E-state index in [4.69, 9.17) is 14.2 Å². The lowest BCUT2D eigenvalue weighted by Gasteiger charge is -2.23. The van der Waals surface area contributed by atoms with Gasteiger partial charge in [-0.15, -0.1) is 0 Å².